The van der Waals surface area contributed by atoms with Crippen LogP contribution in [0.2, 0.25) is 5.02 Å². The normalized spacial score (nSPS) is 10.9. The maximum atomic E-state index is 13.5. The fourth-order valence-corrected chi connectivity index (χ4v) is 4.34. The lowest BCUT2D eigenvalue weighted by Gasteiger charge is -2.21. The fraction of sp³-hybridized carbons (Fsp3) is 0.0952. The van der Waals surface area contributed by atoms with Gasteiger partial charge in [0.25, 0.3) is 11.6 Å². The van der Waals surface area contributed by atoms with E-state index in [-0.39, 0.29) is 23.7 Å². The smallest absolute Gasteiger partial charge is 0.273 e. The number of nitro benzene ring substituents is 1. The number of hydrogen-bond donors (Lipinski definition) is 0. The number of carbonyl (C=O) groups excluding carboxylic acids is 1. The van der Waals surface area contributed by atoms with Crippen molar-refractivity contribution in [1.82, 2.24) is 9.97 Å². The molecule has 0 aliphatic carbocycles. The van der Waals surface area contributed by atoms with Gasteiger partial charge < -0.3 is 0 Å². The summed E-state index contributed by atoms with van der Waals surface area (Å²) < 4.78 is 0.845. The number of fused-ring (bicyclic) bond motifs is 1. The van der Waals surface area contributed by atoms with Gasteiger partial charge in [0.15, 0.2) is 5.13 Å². The van der Waals surface area contributed by atoms with Gasteiger partial charge in [-0.05, 0) is 42.8 Å². The Kier molecular flexibility index (Phi) is 5.43. The van der Waals surface area contributed by atoms with E-state index in [1.54, 1.807) is 49.6 Å². The minimum absolute atomic E-state index is 0.0988. The Labute approximate surface area is 180 Å². The number of nitro groups is 1. The third kappa shape index (κ3) is 3.87. The van der Waals surface area contributed by atoms with E-state index in [1.807, 2.05) is 6.07 Å². The van der Waals surface area contributed by atoms with Crippen LogP contribution < -0.4 is 4.90 Å². The molecular weight excluding hydrogens is 424 g/mol. The molecule has 0 atom stereocenters. The monoisotopic (exact) mass is 438 g/mol. The summed E-state index contributed by atoms with van der Waals surface area (Å²) in [5, 5.41) is 12.4. The SMILES string of the molecule is Cc1c(C(=O)N(Cc2cccnc2)c2nc3ccc(Cl)cc3s2)cccc1[N+](=O)[O-]. The van der Waals surface area contributed by atoms with E-state index in [2.05, 4.69) is 9.97 Å². The first-order chi connectivity index (χ1) is 14.4. The summed E-state index contributed by atoms with van der Waals surface area (Å²) >= 11 is 7.42. The topological polar surface area (TPSA) is 89.2 Å². The number of pyridine rings is 1. The highest BCUT2D eigenvalue weighted by Gasteiger charge is 2.26. The van der Waals surface area contributed by atoms with Crippen molar-refractivity contribution in [3.8, 4) is 0 Å². The molecule has 2 aromatic heterocycles. The Morgan fingerprint density at radius 1 is 1.23 bits per heavy atom. The molecule has 4 aromatic rings. The molecule has 2 aromatic carbocycles. The van der Waals surface area contributed by atoms with E-state index >= 15 is 0 Å². The first kappa shape index (κ1) is 19.9. The lowest BCUT2D eigenvalue weighted by Crippen LogP contribution is -2.31. The summed E-state index contributed by atoms with van der Waals surface area (Å²) in [4.78, 5) is 34.6. The number of rotatable bonds is 5. The van der Waals surface area contributed by atoms with E-state index in [0.29, 0.717) is 15.7 Å². The van der Waals surface area contributed by atoms with Crippen LogP contribution in [0.5, 0.6) is 0 Å². The Balaban J connectivity index is 1.81. The first-order valence-electron chi connectivity index (χ1n) is 8.95. The van der Waals surface area contributed by atoms with Crippen LogP contribution in [-0.4, -0.2) is 20.8 Å². The van der Waals surface area contributed by atoms with Crippen molar-refractivity contribution < 1.29 is 9.72 Å². The van der Waals surface area contributed by atoms with Gasteiger partial charge in [0.05, 0.1) is 21.7 Å². The van der Waals surface area contributed by atoms with E-state index in [4.69, 9.17) is 11.6 Å². The van der Waals surface area contributed by atoms with Gasteiger partial charge in [-0.15, -0.1) is 0 Å². The van der Waals surface area contributed by atoms with E-state index in [0.717, 1.165) is 15.8 Å². The fourth-order valence-electron chi connectivity index (χ4n) is 3.10. The summed E-state index contributed by atoms with van der Waals surface area (Å²) in [6.07, 6.45) is 3.32. The minimum Gasteiger partial charge on any atom is -0.279 e. The largest absolute Gasteiger partial charge is 0.279 e. The van der Waals surface area contributed by atoms with Crippen LogP contribution in [0.1, 0.15) is 21.5 Å². The van der Waals surface area contributed by atoms with Crippen LogP contribution in [0.3, 0.4) is 0 Å². The van der Waals surface area contributed by atoms with Crippen molar-refractivity contribution in [3.63, 3.8) is 0 Å². The van der Waals surface area contributed by atoms with E-state index in [9.17, 15) is 14.9 Å². The standard InChI is InChI=1S/C21H15ClN4O3S/c1-13-16(5-2-6-18(13)26(28)29)20(27)25(12-14-4-3-9-23-11-14)21-24-17-8-7-15(22)10-19(17)30-21/h2-11H,12H2,1H3. The molecule has 30 heavy (non-hydrogen) atoms. The third-order valence-electron chi connectivity index (χ3n) is 4.61. The predicted molar refractivity (Wildman–Crippen MR) is 117 cm³/mol. The summed E-state index contributed by atoms with van der Waals surface area (Å²) in [5.41, 5.74) is 2.00. The molecule has 0 saturated carbocycles. The zero-order chi connectivity index (χ0) is 21.3. The number of carbonyl (C=O) groups is 1. The van der Waals surface area contributed by atoms with Gasteiger partial charge in [0.2, 0.25) is 0 Å². The van der Waals surface area contributed by atoms with Crippen molar-refractivity contribution in [2.75, 3.05) is 4.90 Å². The minimum atomic E-state index is -0.489. The van der Waals surface area contributed by atoms with Gasteiger partial charge in [-0.25, -0.2) is 4.98 Å². The lowest BCUT2D eigenvalue weighted by molar-refractivity contribution is -0.385. The third-order valence-corrected chi connectivity index (χ3v) is 5.89. The zero-order valence-electron chi connectivity index (χ0n) is 15.8. The highest BCUT2D eigenvalue weighted by Crippen LogP contribution is 2.33. The number of anilines is 1. The van der Waals surface area contributed by atoms with Crippen LogP contribution in [0.4, 0.5) is 10.8 Å². The quantitative estimate of drug-likeness (QED) is 0.307. The summed E-state index contributed by atoms with van der Waals surface area (Å²) in [5.74, 6) is -0.370. The molecule has 0 N–H and O–H groups in total. The van der Waals surface area contributed by atoms with Crippen LogP contribution in [0.15, 0.2) is 60.9 Å². The van der Waals surface area contributed by atoms with Gasteiger partial charge in [0, 0.05) is 34.6 Å². The van der Waals surface area contributed by atoms with E-state index < -0.39 is 4.92 Å². The molecule has 0 radical (unpaired) electrons. The lowest BCUT2D eigenvalue weighted by atomic mass is 10.1. The molecule has 1 amide bonds. The summed E-state index contributed by atoms with van der Waals surface area (Å²) in [7, 11) is 0. The molecule has 0 unspecified atom stereocenters. The Bertz CT molecular complexity index is 1260. The number of aromatic nitrogens is 2. The second-order valence-corrected chi connectivity index (χ2v) is 8.01. The molecular formula is C21H15ClN4O3S. The van der Waals surface area contributed by atoms with Crippen molar-refractivity contribution >= 4 is 49.9 Å². The van der Waals surface area contributed by atoms with Crippen molar-refractivity contribution in [2.24, 2.45) is 0 Å². The molecule has 0 aliphatic rings. The average molecular weight is 439 g/mol. The van der Waals surface area contributed by atoms with Crippen molar-refractivity contribution in [2.45, 2.75) is 13.5 Å². The maximum absolute atomic E-state index is 13.5. The zero-order valence-corrected chi connectivity index (χ0v) is 17.4. The highest BCUT2D eigenvalue weighted by atomic mass is 35.5. The number of thiazole rings is 1. The molecule has 150 valence electrons. The van der Waals surface area contributed by atoms with Crippen LogP contribution in [0, 0.1) is 17.0 Å². The molecule has 0 fully saturated rings. The molecule has 0 saturated heterocycles. The Morgan fingerprint density at radius 2 is 2.07 bits per heavy atom. The van der Waals surface area contributed by atoms with Crippen molar-refractivity contribution in [1.29, 1.82) is 0 Å². The molecule has 0 bridgehead atoms. The van der Waals surface area contributed by atoms with Gasteiger partial charge in [-0.3, -0.25) is 24.8 Å². The number of benzene rings is 2. The number of hydrogen-bond acceptors (Lipinski definition) is 6. The van der Waals surface area contributed by atoms with Gasteiger partial charge in [0.1, 0.15) is 0 Å². The van der Waals surface area contributed by atoms with Gasteiger partial charge in [-0.2, -0.15) is 0 Å². The molecule has 0 aliphatic heterocycles. The second-order valence-electron chi connectivity index (χ2n) is 6.57. The predicted octanol–water partition coefficient (Wildman–Crippen LogP) is 5.41. The average Bonchev–Trinajstić information content (AvgIpc) is 3.15. The number of halogens is 1. The molecule has 2 heterocycles. The van der Waals surface area contributed by atoms with Crippen LogP contribution in [-0.2, 0) is 6.54 Å². The number of amides is 1. The molecule has 0 spiro atoms. The maximum Gasteiger partial charge on any atom is 0.273 e. The van der Waals surface area contributed by atoms with Gasteiger partial charge in [-0.1, -0.05) is 35.1 Å². The molecule has 7 nitrogen and oxygen atoms in total. The second kappa shape index (κ2) is 8.17. The Morgan fingerprint density at radius 3 is 2.80 bits per heavy atom. The van der Waals surface area contributed by atoms with Crippen molar-refractivity contribution in [3.05, 3.63) is 92.8 Å². The van der Waals surface area contributed by atoms with Gasteiger partial charge >= 0.3 is 0 Å². The number of nitrogens with zero attached hydrogens (tertiary/aromatic N) is 4. The van der Waals surface area contributed by atoms with E-state index in [1.165, 1.54) is 28.4 Å². The van der Waals surface area contributed by atoms with Crippen LogP contribution in [0.25, 0.3) is 10.2 Å². The Hall–Kier alpha value is -3.36. The summed E-state index contributed by atoms with van der Waals surface area (Å²) in [6, 6.07) is 13.5. The molecule has 4 rings (SSSR count). The first-order valence-corrected chi connectivity index (χ1v) is 10.1. The van der Waals surface area contributed by atoms with Crippen LogP contribution >= 0.6 is 22.9 Å². The summed E-state index contributed by atoms with van der Waals surface area (Å²) in [6.45, 7) is 1.80. The molecule has 9 heteroatoms. The highest BCUT2D eigenvalue weighted by molar-refractivity contribution is 7.22.